The largest absolute Gasteiger partial charge is 0.454 e. The zero-order valence-corrected chi connectivity index (χ0v) is 15.4. The fourth-order valence-electron chi connectivity index (χ4n) is 2.66. The maximum atomic E-state index is 13.8. The Morgan fingerprint density at radius 2 is 1.60 bits per heavy atom. The molecule has 6 nitrogen and oxygen atoms in total. The molecule has 3 rings (SSSR count). The number of aliphatic imine (C=N–C) groups is 1. The molecule has 0 bridgehead atoms. The maximum absolute atomic E-state index is 13.8. The van der Waals surface area contributed by atoms with Gasteiger partial charge < -0.3 is 24.8 Å². The quantitative estimate of drug-likeness (QED) is 0.315. The van der Waals surface area contributed by atoms with Crippen molar-refractivity contribution in [1.82, 2.24) is 10.6 Å². The molecule has 2 aromatic rings. The van der Waals surface area contributed by atoms with Gasteiger partial charge in [0.15, 0.2) is 40.7 Å². The highest BCUT2D eigenvalue weighted by molar-refractivity contribution is 5.79. The third-order valence-electron chi connectivity index (χ3n) is 4.08. The topological polar surface area (TPSA) is 64.1 Å². The zero-order valence-electron chi connectivity index (χ0n) is 15.4. The normalized spacial score (nSPS) is 13.0. The van der Waals surface area contributed by atoms with E-state index >= 15 is 0 Å². The summed E-state index contributed by atoms with van der Waals surface area (Å²) in [5, 5.41) is 5.20. The van der Waals surface area contributed by atoms with Crippen LogP contribution < -0.4 is 24.8 Å². The Hall–Kier alpha value is -3.31. The first kappa shape index (κ1) is 21.4. The van der Waals surface area contributed by atoms with Gasteiger partial charge in [-0.05, 0) is 6.07 Å². The smallest absolute Gasteiger partial charge is 0.387 e. The van der Waals surface area contributed by atoms with Crippen LogP contribution in [0.15, 0.2) is 23.2 Å². The lowest BCUT2D eigenvalue weighted by atomic mass is 10.1. The SMILES string of the molecule is CN=C(NCc1cc2c(cc1OC(F)F)OCO2)NCc1c(F)c(F)cc(F)c1F. The predicted octanol–water partition coefficient (Wildman–Crippen LogP) is 3.44. The van der Waals surface area contributed by atoms with Gasteiger partial charge >= 0.3 is 6.61 Å². The first-order valence-electron chi connectivity index (χ1n) is 8.43. The van der Waals surface area contributed by atoms with Crippen LogP contribution in [-0.2, 0) is 13.1 Å². The Labute approximate surface area is 166 Å². The van der Waals surface area contributed by atoms with E-state index in [1.54, 1.807) is 0 Å². The van der Waals surface area contributed by atoms with Crippen LogP contribution >= 0.6 is 0 Å². The Kier molecular flexibility index (Phi) is 6.43. The van der Waals surface area contributed by atoms with Crippen LogP contribution in [-0.4, -0.2) is 26.4 Å². The second kappa shape index (κ2) is 9.01. The monoisotopic (exact) mass is 435 g/mol. The average molecular weight is 435 g/mol. The van der Waals surface area contributed by atoms with Gasteiger partial charge in [-0.3, -0.25) is 4.99 Å². The summed E-state index contributed by atoms with van der Waals surface area (Å²) in [6, 6.07) is 2.76. The van der Waals surface area contributed by atoms with Crippen LogP contribution in [0, 0.1) is 23.3 Å². The predicted molar refractivity (Wildman–Crippen MR) is 92.5 cm³/mol. The number of guanidine groups is 1. The molecule has 162 valence electrons. The van der Waals surface area contributed by atoms with E-state index in [2.05, 4.69) is 20.4 Å². The second-order valence-corrected chi connectivity index (χ2v) is 5.92. The van der Waals surface area contributed by atoms with Gasteiger partial charge in [0.05, 0.1) is 0 Å². The number of nitrogens with zero attached hydrogens (tertiary/aromatic N) is 1. The number of fused-ring (bicyclic) bond motifs is 1. The van der Waals surface area contributed by atoms with E-state index in [9.17, 15) is 26.3 Å². The minimum Gasteiger partial charge on any atom is -0.454 e. The fraction of sp³-hybridized carbons (Fsp3) is 0.278. The van der Waals surface area contributed by atoms with Gasteiger partial charge in [0.2, 0.25) is 6.79 Å². The Morgan fingerprint density at radius 1 is 1.00 bits per heavy atom. The lowest BCUT2D eigenvalue weighted by Crippen LogP contribution is -2.37. The Bertz CT molecular complexity index is 945. The number of alkyl halides is 2. The van der Waals surface area contributed by atoms with Crippen molar-refractivity contribution < 1.29 is 40.6 Å². The number of benzene rings is 2. The molecule has 0 saturated heterocycles. The molecule has 0 unspecified atom stereocenters. The van der Waals surface area contributed by atoms with Crippen LogP contribution in [0.2, 0.25) is 0 Å². The van der Waals surface area contributed by atoms with E-state index in [0.29, 0.717) is 5.75 Å². The molecule has 0 aliphatic carbocycles. The molecule has 0 fully saturated rings. The number of hydrogen-bond donors (Lipinski definition) is 2. The number of ether oxygens (including phenoxy) is 3. The highest BCUT2D eigenvalue weighted by atomic mass is 19.3. The third-order valence-corrected chi connectivity index (χ3v) is 4.08. The lowest BCUT2D eigenvalue weighted by molar-refractivity contribution is -0.0505. The molecular formula is C18H15F6N3O3. The van der Waals surface area contributed by atoms with Gasteiger partial charge in [0.1, 0.15) is 5.75 Å². The van der Waals surface area contributed by atoms with Gasteiger partial charge in [-0.2, -0.15) is 8.78 Å². The van der Waals surface area contributed by atoms with E-state index < -0.39 is 42.0 Å². The number of rotatable bonds is 6. The molecule has 0 aromatic heterocycles. The molecule has 30 heavy (non-hydrogen) atoms. The van der Waals surface area contributed by atoms with E-state index in [0.717, 1.165) is 0 Å². The minimum absolute atomic E-state index is 0.0286. The highest BCUT2D eigenvalue weighted by Crippen LogP contribution is 2.38. The first-order chi connectivity index (χ1) is 14.3. The summed E-state index contributed by atoms with van der Waals surface area (Å²) in [5.74, 6) is -5.82. The number of nitrogens with one attached hydrogen (secondary N) is 2. The van der Waals surface area contributed by atoms with Crippen molar-refractivity contribution in [2.45, 2.75) is 19.7 Å². The van der Waals surface area contributed by atoms with E-state index in [-0.39, 0.29) is 42.4 Å². The lowest BCUT2D eigenvalue weighted by Gasteiger charge is -2.16. The summed E-state index contributed by atoms with van der Waals surface area (Å²) < 4.78 is 94.3. The molecule has 0 radical (unpaired) electrons. The molecule has 1 aliphatic heterocycles. The summed E-state index contributed by atoms with van der Waals surface area (Å²) >= 11 is 0. The van der Waals surface area contributed by atoms with Crippen LogP contribution in [0.1, 0.15) is 11.1 Å². The van der Waals surface area contributed by atoms with Crippen LogP contribution in [0.4, 0.5) is 26.3 Å². The summed E-state index contributed by atoms with van der Waals surface area (Å²) in [6.07, 6.45) is 0. The van der Waals surface area contributed by atoms with Crippen LogP contribution in [0.3, 0.4) is 0 Å². The summed E-state index contributed by atoms with van der Waals surface area (Å²) in [5.41, 5.74) is -0.614. The molecule has 0 atom stereocenters. The molecule has 12 heteroatoms. The number of hydrogen-bond acceptors (Lipinski definition) is 4. The van der Waals surface area contributed by atoms with Crippen molar-refractivity contribution in [1.29, 1.82) is 0 Å². The Balaban J connectivity index is 1.71. The molecule has 1 aliphatic rings. The maximum Gasteiger partial charge on any atom is 0.387 e. The van der Waals surface area contributed by atoms with Crippen molar-refractivity contribution in [3.63, 3.8) is 0 Å². The molecule has 0 spiro atoms. The van der Waals surface area contributed by atoms with Crippen molar-refractivity contribution in [2.24, 2.45) is 4.99 Å². The van der Waals surface area contributed by atoms with Crippen LogP contribution in [0.25, 0.3) is 0 Å². The summed E-state index contributed by atoms with van der Waals surface area (Å²) in [7, 11) is 1.32. The van der Waals surface area contributed by atoms with Crippen LogP contribution in [0.5, 0.6) is 17.2 Å². The van der Waals surface area contributed by atoms with E-state index in [1.807, 2.05) is 0 Å². The van der Waals surface area contributed by atoms with Gasteiger partial charge in [-0.1, -0.05) is 0 Å². The molecule has 0 amide bonds. The second-order valence-electron chi connectivity index (χ2n) is 5.92. The first-order valence-corrected chi connectivity index (χ1v) is 8.43. The minimum atomic E-state index is -3.09. The zero-order chi connectivity index (χ0) is 21.8. The van der Waals surface area contributed by atoms with E-state index in [4.69, 9.17) is 9.47 Å². The van der Waals surface area contributed by atoms with Crippen molar-refractivity contribution in [3.8, 4) is 17.2 Å². The average Bonchev–Trinajstić information content (AvgIpc) is 3.15. The molecular weight excluding hydrogens is 420 g/mol. The standard InChI is InChI=1S/C18H15F6N3O3/c1-25-18(27-6-9-15(21)10(19)3-11(20)16(9)22)26-5-8-2-13-14(29-7-28-13)4-12(8)30-17(23)24/h2-4,17H,5-7H2,1H3,(H2,25,26,27). The van der Waals surface area contributed by atoms with Gasteiger partial charge in [0, 0.05) is 43.4 Å². The van der Waals surface area contributed by atoms with Crippen molar-refractivity contribution in [2.75, 3.05) is 13.8 Å². The van der Waals surface area contributed by atoms with Crippen molar-refractivity contribution in [3.05, 3.63) is 52.6 Å². The molecule has 2 N–H and O–H groups in total. The number of halogens is 6. The molecule has 1 heterocycles. The molecule has 2 aromatic carbocycles. The van der Waals surface area contributed by atoms with Gasteiger partial charge in [-0.15, -0.1) is 0 Å². The van der Waals surface area contributed by atoms with E-state index in [1.165, 1.54) is 19.2 Å². The highest BCUT2D eigenvalue weighted by Gasteiger charge is 2.21. The molecule has 0 saturated carbocycles. The summed E-state index contributed by atoms with van der Waals surface area (Å²) in [6.45, 7) is -3.91. The Morgan fingerprint density at radius 3 is 2.20 bits per heavy atom. The fourth-order valence-corrected chi connectivity index (χ4v) is 2.66. The third kappa shape index (κ3) is 4.63. The summed E-state index contributed by atoms with van der Waals surface area (Å²) in [4.78, 5) is 3.80. The van der Waals surface area contributed by atoms with Gasteiger partial charge in [-0.25, -0.2) is 17.6 Å². The van der Waals surface area contributed by atoms with Gasteiger partial charge in [0.25, 0.3) is 0 Å². The van der Waals surface area contributed by atoms with Crippen molar-refractivity contribution >= 4 is 5.96 Å².